The molecule has 0 saturated carbocycles. The first-order valence-electron chi connectivity index (χ1n) is 12.4. The number of amides is 2. The Kier molecular flexibility index (Phi) is 9.88. The molecular formula is C27H36Cl2N4O3. The predicted molar refractivity (Wildman–Crippen MR) is 147 cm³/mol. The Morgan fingerprint density at radius 1 is 1.11 bits per heavy atom. The van der Waals surface area contributed by atoms with Crippen LogP contribution < -0.4 is 10.2 Å². The molecule has 9 heteroatoms. The minimum atomic E-state index is -0.702. The van der Waals surface area contributed by atoms with E-state index in [0.717, 1.165) is 24.3 Å². The third kappa shape index (κ3) is 7.05. The molecule has 0 radical (unpaired) electrons. The quantitative estimate of drug-likeness (QED) is 0.338. The minimum Gasteiger partial charge on any atom is -0.506 e. The molecule has 196 valence electrons. The van der Waals surface area contributed by atoms with Crippen molar-refractivity contribution in [2.24, 2.45) is 5.41 Å². The number of aromatic hydroxyl groups is 1. The lowest BCUT2D eigenvalue weighted by Gasteiger charge is -2.38. The summed E-state index contributed by atoms with van der Waals surface area (Å²) in [5, 5.41) is 12.7. The van der Waals surface area contributed by atoms with Gasteiger partial charge >= 0.3 is 0 Å². The average Bonchev–Trinajstić information content (AvgIpc) is 2.90. The maximum atomic E-state index is 13.2. The lowest BCUT2D eigenvalue weighted by Crippen LogP contribution is -2.52. The Balaban J connectivity index is 1.56. The summed E-state index contributed by atoms with van der Waals surface area (Å²) in [5.41, 5.74) is 2.04. The SMILES string of the molecule is CCN(CC(=O)N1CCN(c2cccc(CCl)c2)CC1)CC(C)(CC)C(=O)Nc1ccc(O)c(Cl)c1. The van der Waals surface area contributed by atoms with Gasteiger partial charge in [-0.1, -0.05) is 37.6 Å². The smallest absolute Gasteiger partial charge is 0.236 e. The van der Waals surface area contributed by atoms with Gasteiger partial charge < -0.3 is 20.2 Å². The van der Waals surface area contributed by atoms with Crippen LogP contribution >= 0.6 is 23.2 Å². The Morgan fingerprint density at radius 3 is 2.44 bits per heavy atom. The summed E-state index contributed by atoms with van der Waals surface area (Å²) < 4.78 is 0. The minimum absolute atomic E-state index is 0.0341. The number of benzene rings is 2. The summed E-state index contributed by atoms with van der Waals surface area (Å²) in [6.45, 7) is 10.1. The van der Waals surface area contributed by atoms with E-state index >= 15 is 0 Å². The molecule has 3 rings (SSSR count). The topological polar surface area (TPSA) is 76.1 Å². The number of phenolic OH excluding ortho intramolecular Hbond substituents is 1. The van der Waals surface area contributed by atoms with Gasteiger partial charge in [0.2, 0.25) is 11.8 Å². The molecule has 1 atom stereocenters. The molecule has 0 aliphatic carbocycles. The van der Waals surface area contributed by atoms with Crippen LogP contribution in [0.1, 0.15) is 32.8 Å². The molecule has 7 nitrogen and oxygen atoms in total. The fraction of sp³-hybridized carbons (Fsp3) is 0.481. The molecule has 1 heterocycles. The van der Waals surface area contributed by atoms with Crippen LogP contribution in [-0.2, 0) is 15.5 Å². The van der Waals surface area contributed by atoms with Crippen molar-refractivity contribution in [2.75, 3.05) is 56.0 Å². The number of anilines is 2. The second-order valence-electron chi connectivity index (χ2n) is 9.51. The van der Waals surface area contributed by atoms with E-state index in [4.69, 9.17) is 23.2 Å². The first kappa shape index (κ1) is 28.1. The van der Waals surface area contributed by atoms with Gasteiger partial charge in [-0.05, 0) is 55.8 Å². The zero-order valence-corrected chi connectivity index (χ0v) is 22.8. The summed E-state index contributed by atoms with van der Waals surface area (Å²) in [5.74, 6) is 0.380. The Bertz CT molecular complexity index is 1060. The highest BCUT2D eigenvalue weighted by atomic mass is 35.5. The number of rotatable bonds is 10. The summed E-state index contributed by atoms with van der Waals surface area (Å²) >= 11 is 12.0. The van der Waals surface area contributed by atoms with Crippen molar-refractivity contribution in [3.05, 3.63) is 53.1 Å². The van der Waals surface area contributed by atoms with Crippen molar-refractivity contribution >= 4 is 46.4 Å². The second-order valence-corrected chi connectivity index (χ2v) is 10.2. The number of carbonyl (C=O) groups is 2. The number of alkyl halides is 1. The Morgan fingerprint density at radius 2 is 1.83 bits per heavy atom. The molecular weight excluding hydrogens is 499 g/mol. The summed E-state index contributed by atoms with van der Waals surface area (Å²) in [6, 6.07) is 12.8. The van der Waals surface area contributed by atoms with E-state index in [9.17, 15) is 14.7 Å². The molecule has 1 unspecified atom stereocenters. The highest BCUT2D eigenvalue weighted by Crippen LogP contribution is 2.29. The fourth-order valence-electron chi connectivity index (χ4n) is 4.33. The standard InChI is InChI=1S/C27H36Cl2N4O3/c1-4-27(3,26(36)30-21-9-10-24(34)23(29)16-21)19-31(5-2)18-25(35)33-13-11-32(12-14-33)22-8-6-7-20(15-22)17-28/h6-10,15-16,34H,4-5,11-14,17-19H2,1-3H3,(H,30,36). The molecule has 1 aliphatic heterocycles. The van der Waals surface area contributed by atoms with Crippen LogP contribution in [0, 0.1) is 5.41 Å². The van der Waals surface area contributed by atoms with Crippen LogP contribution in [0.2, 0.25) is 5.02 Å². The first-order chi connectivity index (χ1) is 17.2. The number of carbonyl (C=O) groups excluding carboxylic acids is 2. The van der Waals surface area contributed by atoms with Crippen molar-refractivity contribution in [3.63, 3.8) is 0 Å². The predicted octanol–water partition coefficient (Wildman–Crippen LogP) is 4.81. The van der Waals surface area contributed by atoms with Gasteiger partial charge in [0.1, 0.15) is 5.75 Å². The summed E-state index contributed by atoms with van der Waals surface area (Å²) in [7, 11) is 0. The normalized spacial score (nSPS) is 15.6. The Hall–Kier alpha value is -2.48. The van der Waals surface area contributed by atoms with Crippen molar-refractivity contribution in [3.8, 4) is 5.75 Å². The lowest BCUT2D eigenvalue weighted by atomic mass is 9.85. The van der Waals surface area contributed by atoms with Crippen molar-refractivity contribution in [1.29, 1.82) is 0 Å². The molecule has 1 aliphatic rings. The van der Waals surface area contributed by atoms with Gasteiger partial charge in [-0.25, -0.2) is 0 Å². The molecule has 0 spiro atoms. The Labute approximate surface area is 224 Å². The van der Waals surface area contributed by atoms with E-state index in [-0.39, 0.29) is 29.1 Å². The monoisotopic (exact) mass is 534 g/mol. The maximum absolute atomic E-state index is 13.2. The van der Waals surface area contributed by atoms with Gasteiger partial charge in [-0.3, -0.25) is 14.5 Å². The number of halogens is 2. The summed E-state index contributed by atoms with van der Waals surface area (Å²) in [4.78, 5) is 32.5. The molecule has 1 fully saturated rings. The van der Waals surface area contributed by atoms with Crippen LogP contribution in [0.4, 0.5) is 11.4 Å². The molecule has 2 aromatic carbocycles. The van der Waals surface area contributed by atoms with Crippen molar-refractivity contribution in [1.82, 2.24) is 9.80 Å². The molecule has 2 aromatic rings. The van der Waals surface area contributed by atoms with Gasteiger partial charge in [-0.2, -0.15) is 0 Å². The van der Waals surface area contributed by atoms with Gasteiger partial charge in [0, 0.05) is 50.0 Å². The van der Waals surface area contributed by atoms with Crippen LogP contribution in [0.5, 0.6) is 5.75 Å². The molecule has 0 aromatic heterocycles. The molecule has 2 amide bonds. The van der Waals surface area contributed by atoms with E-state index < -0.39 is 5.41 Å². The second kappa shape index (κ2) is 12.7. The van der Waals surface area contributed by atoms with Crippen LogP contribution in [-0.4, -0.2) is 72.5 Å². The van der Waals surface area contributed by atoms with Gasteiger partial charge in [0.25, 0.3) is 0 Å². The van der Waals surface area contributed by atoms with Crippen LogP contribution in [0.25, 0.3) is 0 Å². The van der Waals surface area contributed by atoms with Gasteiger partial charge in [-0.15, -0.1) is 11.6 Å². The zero-order valence-electron chi connectivity index (χ0n) is 21.3. The highest BCUT2D eigenvalue weighted by molar-refractivity contribution is 6.32. The number of phenols is 1. The number of piperazine rings is 1. The molecule has 36 heavy (non-hydrogen) atoms. The third-order valence-corrected chi connectivity index (χ3v) is 7.59. The van der Waals surface area contributed by atoms with Crippen LogP contribution in [0.3, 0.4) is 0 Å². The van der Waals surface area contributed by atoms with Crippen molar-refractivity contribution in [2.45, 2.75) is 33.1 Å². The van der Waals surface area contributed by atoms with Crippen LogP contribution in [0.15, 0.2) is 42.5 Å². The molecule has 0 bridgehead atoms. The lowest BCUT2D eigenvalue weighted by molar-refractivity contribution is -0.134. The van der Waals surface area contributed by atoms with E-state index in [1.807, 2.05) is 42.7 Å². The number of nitrogens with zero attached hydrogens (tertiary/aromatic N) is 3. The number of likely N-dealkylation sites (N-methyl/N-ethyl adjacent to an activating group) is 1. The largest absolute Gasteiger partial charge is 0.506 e. The van der Waals surface area contributed by atoms with E-state index in [2.05, 4.69) is 22.3 Å². The molecule has 2 N–H and O–H groups in total. The van der Waals surface area contributed by atoms with E-state index in [1.54, 1.807) is 6.07 Å². The number of hydrogen-bond donors (Lipinski definition) is 2. The fourth-order valence-corrected chi connectivity index (χ4v) is 4.67. The first-order valence-corrected chi connectivity index (χ1v) is 13.3. The van der Waals surface area contributed by atoms with E-state index in [1.165, 1.54) is 12.1 Å². The zero-order chi connectivity index (χ0) is 26.3. The highest BCUT2D eigenvalue weighted by Gasteiger charge is 2.34. The molecule has 1 saturated heterocycles. The third-order valence-electron chi connectivity index (χ3n) is 6.98. The van der Waals surface area contributed by atoms with E-state index in [0.29, 0.717) is 44.2 Å². The van der Waals surface area contributed by atoms with Gasteiger partial charge in [0.05, 0.1) is 17.0 Å². The maximum Gasteiger partial charge on any atom is 0.236 e. The number of nitrogens with one attached hydrogen (secondary N) is 1. The van der Waals surface area contributed by atoms with Crippen molar-refractivity contribution < 1.29 is 14.7 Å². The summed E-state index contributed by atoms with van der Waals surface area (Å²) in [6.07, 6.45) is 0.607. The number of hydrogen-bond acceptors (Lipinski definition) is 5. The van der Waals surface area contributed by atoms with Gasteiger partial charge in [0.15, 0.2) is 0 Å². The average molecular weight is 536 g/mol.